The van der Waals surface area contributed by atoms with E-state index in [1.165, 1.54) is 12.3 Å². The number of carbonyl (C=O) groups is 1. The van der Waals surface area contributed by atoms with Gasteiger partial charge in [0.2, 0.25) is 5.91 Å². The number of hydrogen-bond donors (Lipinski definition) is 3. The summed E-state index contributed by atoms with van der Waals surface area (Å²) in [5.41, 5.74) is -1.12. The average Bonchev–Trinajstić information content (AvgIpc) is 2.22. The van der Waals surface area contributed by atoms with Crippen molar-refractivity contribution in [3.05, 3.63) is 33.1 Å². The molecule has 0 aliphatic rings. The Balaban J connectivity index is 2.62. The van der Waals surface area contributed by atoms with Crippen LogP contribution in [0.15, 0.2) is 21.9 Å². The molecule has 0 radical (unpaired) electrons. The van der Waals surface area contributed by atoms with Crippen molar-refractivity contribution >= 4 is 5.91 Å². The van der Waals surface area contributed by atoms with E-state index in [0.29, 0.717) is 6.42 Å². The fourth-order valence-electron chi connectivity index (χ4n) is 1.31. The van der Waals surface area contributed by atoms with Gasteiger partial charge in [0.15, 0.2) is 0 Å². The zero-order valence-electron chi connectivity index (χ0n) is 9.47. The smallest absolute Gasteiger partial charge is 0.328 e. The molecule has 0 fully saturated rings. The van der Waals surface area contributed by atoms with Crippen molar-refractivity contribution in [2.75, 3.05) is 6.61 Å². The van der Waals surface area contributed by atoms with Crippen LogP contribution in [0.1, 0.15) is 13.3 Å². The van der Waals surface area contributed by atoms with Gasteiger partial charge in [0, 0.05) is 24.9 Å². The number of aliphatic hydroxyl groups excluding tert-OH is 1. The third kappa shape index (κ3) is 4.23. The second kappa shape index (κ2) is 6.00. The first kappa shape index (κ1) is 13.2. The fourth-order valence-corrected chi connectivity index (χ4v) is 1.31. The van der Waals surface area contributed by atoms with Crippen LogP contribution in [0.2, 0.25) is 0 Å². The monoisotopic (exact) mass is 241 g/mol. The third-order valence-electron chi connectivity index (χ3n) is 2.18. The molecule has 7 nitrogen and oxygen atoms in total. The SMILES string of the molecule is CC(CCO)NC(=O)Cn1ccc(=O)[nH]c1=O. The topological polar surface area (TPSA) is 104 Å². The Kier molecular flexibility index (Phi) is 4.65. The largest absolute Gasteiger partial charge is 0.396 e. The third-order valence-corrected chi connectivity index (χ3v) is 2.18. The van der Waals surface area contributed by atoms with Crippen LogP contribution in [0.3, 0.4) is 0 Å². The molecule has 0 aliphatic carbocycles. The fraction of sp³-hybridized carbons (Fsp3) is 0.500. The zero-order valence-corrected chi connectivity index (χ0v) is 9.47. The number of rotatable bonds is 5. The van der Waals surface area contributed by atoms with Crippen LogP contribution in [0.4, 0.5) is 0 Å². The van der Waals surface area contributed by atoms with Crippen molar-refractivity contribution in [1.82, 2.24) is 14.9 Å². The molecule has 3 N–H and O–H groups in total. The van der Waals surface area contributed by atoms with Gasteiger partial charge in [-0.25, -0.2) is 4.79 Å². The molecule has 1 aromatic heterocycles. The maximum atomic E-state index is 11.5. The van der Waals surface area contributed by atoms with Gasteiger partial charge in [-0.3, -0.25) is 19.1 Å². The Morgan fingerprint density at radius 2 is 2.29 bits per heavy atom. The molecular formula is C10H15N3O4. The van der Waals surface area contributed by atoms with E-state index in [-0.39, 0.29) is 25.1 Å². The standard InChI is InChI=1S/C10H15N3O4/c1-7(3-5-14)11-9(16)6-13-4-2-8(15)12-10(13)17/h2,4,7,14H,3,5-6H2,1H3,(H,11,16)(H,12,15,17). The van der Waals surface area contributed by atoms with Gasteiger partial charge in [0.1, 0.15) is 6.54 Å². The molecule has 1 aromatic rings. The summed E-state index contributed by atoms with van der Waals surface area (Å²) in [4.78, 5) is 35.6. The predicted molar refractivity (Wildman–Crippen MR) is 60.6 cm³/mol. The molecular weight excluding hydrogens is 226 g/mol. The van der Waals surface area contributed by atoms with Crippen molar-refractivity contribution in [1.29, 1.82) is 0 Å². The van der Waals surface area contributed by atoms with Gasteiger partial charge >= 0.3 is 5.69 Å². The highest BCUT2D eigenvalue weighted by atomic mass is 16.3. The number of aromatic nitrogens is 2. The normalized spacial score (nSPS) is 12.1. The van der Waals surface area contributed by atoms with Gasteiger partial charge in [0.05, 0.1) is 0 Å². The van der Waals surface area contributed by atoms with Gasteiger partial charge in [-0.2, -0.15) is 0 Å². The highest BCUT2D eigenvalue weighted by Gasteiger charge is 2.08. The number of H-pyrrole nitrogens is 1. The van der Waals surface area contributed by atoms with Crippen LogP contribution in [-0.4, -0.2) is 33.2 Å². The van der Waals surface area contributed by atoms with Gasteiger partial charge < -0.3 is 10.4 Å². The molecule has 94 valence electrons. The number of nitrogens with zero attached hydrogens (tertiary/aromatic N) is 1. The molecule has 7 heteroatoms. The number of aliphatic hydroxyl groups is 1. The lowest BCUT2D eigenvalue weighted by Crippen LogP contribution is -2.39. The molecule has 1 rings (SSSR count). The summed E-state index contributed by atoms with van der Waals surface area (Å²) < 4.78 is 1.10. The lowest BCUT2D eigenvalue weighted by atomic mass is 10.2. The van der Waals surface area contributed by atoms with Crippen LogP contribution in [0, 0.1) is 0 Å². The van der Waals surface area contributed by atoms with Crippen molar-refractivity contribution in [3.8, 4) is 0 Å². The first-order valence-electron chi connectivity index (χ1n) is 5.23. The number of carbonyl (C=O) groups excluding carboxylic acids is 1. The first-order chi connectivity index (χ1) is 8.02. The van der Waals surface area contributed by atoms with Crippen LogP contribution in [0.5, 0.6) is 0 Å². The quantitative estimate of drug-likeness (QED) is 0.579. The number of aromatic amines is 1. The molecule has 17 heavy (non-hydrogen) atoms. The van der Waals surface area contributed by atoms with Gasteiger partial charge in [-0.05, 0) is 13.3 Å². The molecule has 0 saturated carbocycles. The minimum atomic E-state index is -0.623. The van der Waals surface area contributed by atoms with E-state index in [1.807, 2.05) is 0 Å². The zero-order chi connectivity index (χ0) is 12.8. The molecule has 0 bridgehead atoms. The molecule has 0 spiro atoms. The minimum absolute atomic E-state index is 0.0138. The predicted octanol–water partition coefficient (Wildman–Crippen LogP) is -1.58. The van der Waals surface area contributed by atoms with Gasteiger partial charge in [-0.1, -0.05) is 0 Å². The summed E-state index contributed by atoms with van der Waals surface area (Å²) in [6.45, 7) is 1.58. The van der Waals surface area contributed by atoms with E-state index in [0.717, 1.165) is 4.57 Å². The van der Waals surface area contributed by atoms with Gasteiger partial charge in [-0.15, -0.1) is 0 Å². The minimum Gasteiger partial charge on any atom is -0.396 e. The highest BCUT2D eigenvalue weighted by molar-refractivity contribution is 5.75. The second-order valence-electron chi connectivity index (χ2n) is 3.72. The molecule has 0 aliphatic heterocycles. The summed E-state index contributed by atoms with van der Waals surface area (Å²) in [7, 11) is 0. The molecule has 0 aromatic carbocycles. The Labute approximate surface area is 97.1 Å². The lowest BCUT2D eigenvalue weighted by Gasteiger charge is -2.12. The second-order valence-corrected chi connectivity index (χ2v) is 3.72. The Morgan fingerprint density at radius 1 is 1.59 bits per heavy atom. The molecule has 1 unspecified atom stereocenters. The van der Waals surface area contributed by atoms with Crippen LogP contribution in [0.25, 0.3) is 0 Å². The molecule has 1 atom stereocenters. The Hall–Kier alpha value is -1.89. The van der Waals surface area contributed by atoms with E-state index >= 15 is 0 Å². The van der Waals surface area contributed by atoms with E-state index in [4.69, 9.17) is 5.11 Å². The van der Waals surface area contributed by atoms with Crippen molar-refractivity contribution < 1.29 is 9.90 Å². The summed E-state index contributed by atoms with van der Waals surface area (Å²) in [5, 5.41) is 11.3. The summed E-state index contributed by atoms with van der Waals surface area (Å²) in [5.74, 6) is -0.347. The van der Waals surface area contributed by atoms with Crippen molar-refractivity contribution in [2.45, 2.75) is 25.9 Å². The Morgan fingerprint density at radius 3 is 2.88 bits per heavy atom. The van der Waals surface area contributed by atoms with Crippen molar-refractivity contribution in [2.24, 2.45) is 0 Å². The van der Waals surface area contributed by atoms with E-state index < -0.39 is 11.2 Å². The number of amides is 1. The van der Waals surface area contributed by atoms with Crippen molar-refractivity contribution in [3.63, 3.8) is 0 Å². The Bertz CT molecular complexity index is 491. The summed E-state index contributed by atoms with van der Waals surface area (Å²) in [6, 6.07) is 1.01. The van der Waals surface area contributed by atoms with Crippen LogP contribution < -0.4 is 16.6 Å². The maximum Gasteiger partial charge on any atom is 0.328 e. The molecule has 1 heterocycles. The average molecular weight is 241 g/mol. The molecule has 0 saturated heterocycles. The highest BCUT2D eigenvalue weighted by Crippen LogP contribution is 1.89. The van der Waals surface area contributed by atoms with Gasteiger partial charge in [0.25, 0.3) is 5.56 Å². The lowest BCUT2D eigenvalue weighted by molar-refractivity contribution is -0.122. The number of nitrogens with one attached hydrogen (secondary N) is 2. The van der Waals surface area contributed by atoms with E-state index in [1.54, 1.807) is 6.92 Å². The summed E-state index contributed by atoms with van der Waals surface area (Å²) in [6.07, 6.45) is 1.71. The summed E-state index contributed by atoms with van der Waals surface area (Å²) >= 11 is 0. The van der Waals surface area contributed by atoms with Crippen LogP contribution in [-0.2, 0) is 11.3 Å². The first-order valence-corrected chi connectivity index (χ1v) is 5.23. The maximum absolute atomic E-state index is 11.5. The van der Waals surface area contributed by atoms with E-state index in [2.05, 4.69) is 10.3 Å². The van der Waals surface area contributed by atoms with Crippen LogP contribution >= 0.6 is 0 Å². The molecule has 1 amide bonds. The van der Waals surface area contributed by atoms with E-state index in [9.17, 15) is 14.4 Å². The number of hydrogen-bond acceptors (Lipinski definition) is 4.